The Hall–Kier alpha value is -4.39. The highest BCUT2D eigenvalue weighted by atomic mass is 16.5. The van der Waals surface area contributed by atoms with Gasteiger partial charge in [0.15, 0.2) is 11.5 Å². The first-order valence-corrected chi connectivity index (χ1v) is 11.1. The maximum Gasteiger partial charge on any atom is 0.273 e. The Labute approximate surface area is 197 Å². The summed E-state index contributed by atoms with van der Waals surface area (Å²) in [6, 6.07) is 17.0. The maximum atomic E-state index is 11.9. The fourth-order valence-corrected chi connectivity index (χ4v) is 3.80. The average Bonchev–Trinajstić information content (AvgIpc) is 2.86. The van der Waals surface area contributed by atoms with E-state index in [2.05, 4.69) is 31.9 Å². The quantitative estimate of drug-likeness (QED) is 0.464. The van der Waals surface area contributed by atoms with Crippen molar-refractivity contribution >= 4 is 29.0 Å². The Morgan fingerprint density at radius 1 is 1.18 bits per heavy atom. The van der Waals surface area contributed by atoms with Crippen LogP contribution >= 0.6 is 0 Å². The molecule has 1 aromatic heterocycles. The van der Waals surface area contributed by atoms with Crippen LogP contribution in [0.5, 0.6) is 5.75 Å². The van der Waals surface area contributed by atoms with E-state index in [0.717, 1.165) is 30.8 Å². The summed E-state index contributed by atoms with van der Waals surface area (Å²) in [4.78, 5) is 18.5. The lowest BCUT2D eigenvalue weighted by Gasteiger charge is -2.33. The molecule has 0 aliphatic carbocycles. The molecule has 10 heteroatoms. The molecule has 4 N–H and O–H groups in total. The molecule has 1 unspecified atom stereocenters. The van der Waals surface area contributed by atoms with Crippen LogP contribution in [0.3, 0.4) is 0 Å². The minimum atomic E-state index is -0.726. The smallest absolute Gasteiger partial charge is 0.273 e. The molecule has 3 aromatic rings. The number of amides is 1. The number of hydrogen-bond acceptors (Lipinski definition) is 9. The number of nitrogens with one attached hydrogen (secondary N) is 2. The van der Waals surface area contributed by atoms with Crippen molar-refractivity contribution in [3.63, 3.8) is 0 Å². The van der Waals surface area contributed by atoms with E-state index in [-0.39, 0.29) is 17.6 Å². The van der Waals surface area contributed by atoms with Crippen molar-refractivity contribution < 1.29 is 9.53 Å². The van der Waals surface area contributed by atoms with Gasteiger partial charge < -0.3 is 26.0 Å². The highest BCUT2D eigenvalue weighted by molar-refractivity contribution is 5.96. The van der Waals surface area contributed by atoms with Crippen LogP contribution in [0.25, 0.3) is 0 Å². The van der Waals surface area contributed by atoms with Gasteiger partial charge in [-0.1, -0.05) is 0 Å². The summed E-state index contributed by atoms with van der Waals surface area (Å²) in [6.07, 6.45) is 1.96. The van der Waals surface area contributed by atoms with E-state index >= 15 is 0 Å². The third kappa shape index (κ3) is 5.50. The van der Waals surface area contributed by atoms with Crippen LogP contribution in [0.1, 0.15) is 35.8 Å². The molecule has 34 heavy (non-hydrogen) atoms. The van der Waals surface area contributed by atoms with Gasteiger partial charge in [-0.3, -0.25) is 4.79 Å². The Morgan fingerprint density at radius 3 is 2.59 bits per heavy atom. The van der Waals surface area contributed by atoms with E-state index in [1.54, 1.807) is 24.3 Å². The third-order valence-electron chi connectivity index (χ3n) is 5.43. The second-order valence-electron chi connectivity index (χ2n) is 7.87. The largest absolute Gasteiger partial charge is 0.494 e. The van der Waals surface area contributed by atoms with Crippen molar-refractivity contribution in [3.8, 4) is 11.8 Å². The zero-order valence-electron chi connectivity index (χ0n) is 18.9. The zero-order chi connectivity index (χ0) is 23.9. The summed E-state index contributed by atoms with van der Waals surface area (Å²) in [5.41, 5.74) is 7.63. The first kappa shape index (κ1) is 22.8. The van der Waals surface area contributed by atoms with Crippen molar-refractivity contribution in [2.75, 3.05) is 35.2 Å². The fraction of sp³-hybridized carbons (Fsp3) is 0.292. The number of carbonyl (C=O) groups excluding carboxylic acids is 1. The lowest BCUT2D eigenvalue weighted by Crippen LogP contribution is -2.43. The topological polar surface area (TPSA) is 142 Å². The van der Waals surface area contributed by atoms with Gasteiger partial charge in [0.2, 0.25) is 5.95 Å². The number of carbonyl (C=O) groups is 1. The molecule has 1 amide bonds. The van der Waals surface area contributed by atoms with Gasteiger partial charge in [-0.05, 0) is 68.3 Å². The molecular weight excluding hydrogens is 432 g/mol. The maximum absolute atomic E-state index is 11.9. The van der Waals surface area contributed by atoms with E-state index in [9.17, 15) is 4.79 Å². The number of aromatic nitrogens is 3. The molecule has 2 aromatic carbocycles. The normalized spacial score (nSPS) is 15.3. The molecule has 0 bridgehead atoms. The van der Waals surface area contributed by atoms with Crippen LogP contribution in [0.4, 0.5) is 23.1 Å². The van der Waals surface area contributed by atoms with Gasteiger partial charge in [0.1, 0.15) is 5.75 Å². The minimum absolute atomic E-state index is 0.0471. The average molecular weight is 459 g/mol. The van der Waals surface area contributed by atoms with E-state index in [1.807, 2.05) is 36.1 Å². The first-order chi connectivity index (χ1) is 16.6. The molecular formula is C24H26N8O2. The number of nitriles is 1. The predicted molar refractivity (Wildman–Crippen MR) is 129 cm³/mol. The van der Waals surface area contributed by atoms with Crippen LogP contribution in [-0.2, 0) is 0 Å². The number of benzene rings is 2. The number of rotatable bonds is 8. The lowest BCUT2D eigenvalue weighted by atomic mass is 10.1. The standard InChI is InChI=1S/C24H26N8O2/c1-2-34-20-11-9-17(10-12-20)27-19-4-3-13-32(15-19)24-29-23(21(22(26)33)30-31-24)28-18-7-5-16(14-25)6-8-18/h5-12,19,27H,2-4,13,15H2,1H3,(H2,26,33)(H,28,29,31). The van der Waals surface area contributed by atoms with E-state index in [0.29, 0.717) is 30.4 Å². The highest BCUT2D eigenvalue weighted by Crippen LogP contribution is 2.24. The van der Waals surface area contributed by atoms with Crippen molar-refractivity contribution in [1.29, 1.82) is 5.26 Å². The Morgan fingerprint density at radius 2 is 1.91 bits per heavy atom. The molecule has 2 heterocycles. The molecule has 4 rings (SSSR count). The van der Waals surface area contributed by atoms with E-state index in [1.165, 1.54) is 0 Å². The summed E-state index contributed by atoms with van der Waals surface area (Å²) < 4.78 is 5.50. The molecule has 1 aliphatic heterocycles. The van der Waals surface area contributed by atoms with Gasteiger partial charge in [-0.25, -0.2) is 0 Å². The number of piperidine rings is 1. The molecule has 0 radical (unpaired) electrons. The molecule has 10 nitrogen and oxygen atoms in total. The Kier molecular flexibility index (Phi) is 7.03. The molecule has 1 atom stereocenters. The van der Waals surface area contributed by atoms with Crippen LogP contribution in [-0.4, -0.2) is 46.8 Å². The van der Waals surface area contributed by atoms with Crippen molar-refractivity contribution in [2.45, 2.75) is 25.8 Å². The van der Waals surface area contributed by atoms with E-state index in [4.69, 9.17) is 15.7 Å². The van der Waals surface area contributed by atoms with E-state index < -0.39 is 5.91 Å². The van der Waals surface area contributed by atoms with Gasteiger partial charge in [-0.2, -0.15) is 10.2 Å². The van der Waals surface area contributed by atoms with Crippen LogP contribution in [0, 0.1) is 11.3 Å². The number of nitrogens with two attached hydrogens (primary N) is 1. The summed E-state index contributed by atoms with van der Waals surface area (Å²) in [5, 5.41) is 23.8. The number of primary amides is 1. The Bertz CT molecular complexity index is 1180. The predicted octanol–water partition coefficient (Wildman–Crippen LogP) is 3.07. The molecule has 1 fully saturated rings. The summed E-state index contributed by atoms with van der Waals surface area (Å²) >= 11 is 0. The van der Waals surface area contributed by atoms with Crippen molar-refractivity contribution in [3.05, 3.63) is 59.8 Å². The molecule has 0 spiro atoms. The second kappa shape index (κ2) is 10.5. The van der Waals surface area contributed by atoms with Gasteiger partial charge in [0.05, 0.1) is 18.2 Å². The van der Waals surface area contributed by atoms with Crippen LogP contribution in [0.15, 0.2) is 48.5 Å². The van der Waals surface area contributed by atoms with Crippen molar-refractivity contribution in [1.82, 2.24) is 15.2 Å². The monoisotopic (exact) mass is 458 g/mol. The SMILES string of the molecule is CCOc1ccc(NC2CCCN(c3nnc(C(N)=O)c(Nc4ccc(C#N)cc4)n3)C2)cc1. The molecule has 174 valence electrons. The minimum Gasteiger partial charge on any atom is -0.494 e. The third-order valence-corrected chi connectivity index (χ3v) is 5.43. The van der Waals surface area contributed by atoms with Gasteiger partial charge >= 0.3 is 0 Å². The van der Waals surface area contributed by atoms with Crippen LogP contribution < -0.4 is 26.0 Å². The lowest BCUT2D eigenvalue weighted by molar-refractivity contribution is 0.0995. The zero-order valence-corrected chi connectivity index (χ0v) is 18.9. The van der Waals surface area contributed by atoms with Gasteiger partial charge in [-0.15, -0.1) is 10.2 Å². The fourth-order valence-electron chi connectivity index (χ4n) is 3.80. The number of anilines is 4. The van der Waals surface area contributed by atoms with Gasteiger partial charge in [0.25, 0.3) is 5.91 Å². The number of ether oxygens (including phenoxy) is 1. The molecule has 1 aliphatic rings. The number of nitrogens with zero attached hydrogens (tertiary/aromatic N) is 5. The summed E-state index contributed by atoms with van der Waals surface area (Å²) in [6.45, 7) is 4.05. The summed E-state index contributed by atoms with van der Waals surface area (Å²) in [5.74, 6) is 0.758. The highest BCUT2D eigenvalue weighted by Gasteiger charge is 2.24. The second-order valence-corrected chi connectivity index (χ2v) is 7.87. The molecule has 1 saturated heterocycles. The first-order valence-electron chi connectivity index (χ1n) is 11.1. The van der Waals surface area contributed by atoms with Gasteiger partial charge in [0, 0.05) is 30.5 Å². The number of hydrogen-bond donors (Lipinski definition) is 3. The summed E-state index contributed by atoms with van der Waals surface area (Å²) in [7, 11) is 0. The van der Waals surface area contributed by atoms with Crippen molar-refractivity contribution in [2.24, 2.45) is 5.73 Å². The van der Waals surface area contributed by atoms with Crippen LogP contribution in [0.2, 0.25) is 0 Å². The molecule has 0 saturated carbocycles. The Balaban J connectivity index is 1.49.